The van der Waals surface area contributed by atoms with Gasteiger partial charge < -0.3 is 10.0 Å². The van der Waals surface area contributed by atoms with Crippen LogP contribution in [0.2, 0.25) is 0 Å². The molecule has 5 heterocycles. The van der Waals surface area contributed by atoms with Crippen molar-refractivity contribution in [3.8, 4) is 11.5 Å². The van der Waals surface area contributed by atoms with Crippen LogP contribution in [0.3, 0.4) is 0 Å². The number of aliphatic hydroxyl groups is 1. The fraction of sp³-hybridized carbons (Fsp3) is 0.333. The van der Waals surface area contributed by atoms with Crippen LogP contribution in [0.15, 0.2) is 54.2 Å². The normalized spacial score (nSPS) is 15.7. The number of nitrogens with zero attached hydrogens (tertiary/aromatic N) is 6. The lowest BCUT2D eigenvalue weighted by Gasteiger charge is -2.31. The molecule has 1 saturated heterocycles. The van der Waals surface area contributed by atoms with Crippen molar-refractivity contribution in [1.82, 2.24) is 29.8 Å². The summed E-state index contributed by atoms with van der Waals surface area (Å²) in [5, 5.41) is 11.5. The molecule has 1 atom stereocenters. The van der Waals surface area contributed by atoms with Gasteiger partial charge in [0, 0.05) is 50.6 Å². The van der Waals surface area contributed by atoms with E-state index < -0.39 is 0 Å². The molecule has 0 radical (unpaired) electrons. The third kappa shape index (κ3) is 5.80. The number of hydrogen-bond acceptors (Lipinski definition) is 8. The fourth-order valence-electron chi connectivity index (χ4n) is 4.41. The molecule has 8 nitrogen and oxygen atoms in total. The zero-order chi connectivity index (χ0) is 24.9. The molecule has 184 valence electrons. The minimum atomic E-state index is 0.0433. The van der Waals surface area contributed by atoms with Crippen LogP contribution in [0.1, 0.15) is 51.0 Å². The molecule has 1 fully saturated rings. The van der Waals surface area contributed by atoms with Gasteiger partial charge in [0.2, 0.25) is 0 Å². The second-order valence-electron chi connectivity index (χ2n) is 9.11. The largest absolute Gasteiger partial charge is 0.396 e. The van der Waals surface area contributed by atoms with Crippen molar-refractivity contribution in [3.05, 3.63) is 87.5 Å². The van der Waals surface area contributed by atoms with Crippen LogP contribution < -0.4 is 0 Å². The SMILES string of the molecule is Cc1cccc(-c2nccc(Cc3ccnc(Cc4csc(C(=O)N5CCC[C@@H](CO)C5)c4)n3)n2)n1. The van der Waals surface area contributed by atoms with Crippen molar-refractivity contribution < 1.29 is 9.90 Å². The van der Waals surface area contributed by atoms with Gasteiger partial charge in [-0.15, -0.1) is 11.3 Å². The Bertz CT molecular complexity index is 1360. The second kappa shape index (κ2) is 11.0. The van der Waals surface area contributed by atoms with E-state index in [1.807, 2.05) is 53.6 Å². The predicted molar refractivity (Wildman–Crippen MR) is 138 cm³/mol. The van der Waals surface area contributed by atoms with Gasteiger partial charge in [0.05, 0.1) is 16.3 Å². The predicted octanol–water partition coefficient (Wildman–Crippen LogP) is 3.72. The monoisotopic (exact) mass is 500 g/mol. The second-order valence-corrected chi connectivity index (χ2v) is 10.0. The number of hydrogen-bond donors (Lipinski definition) is 1. The Morgan fingerprint density at radius 2 is 1.92 bits per heavy atom. The molecule has 0 saturated carbocycles. The number of carbonyl (C=O) groups is 1. The first kappa shape index (κ1) is 24.1. The molecule has 0 aliphatic carbocycles. The number of rotatable bonds is 7. The summed E-state index contributed by atoms with van der Waals surface area (Å²) in [5.74, 6) is 1.52. The Hall–Kier alpha value is -3.56. The summed E-state index contributed by atoms with van der Waals surface area (Å²) in [6.07, 6.45) is 6.54. The maximum atomic E-state index is 12.9. The first-order chi connectivity index (χ1) is 17.6. The van der Waals surface area contributed by atoms with Gasteiger partial charge in [0.15, 0.2) is 5.82 Å². The Morgan fingerprint density at radius 3 is 2.75 bits per heavy atom. The fourth-order valence-corrected chi connectivity index (χ4v) is 5.29. The summed E-state index contributed by atoms with van der Waals surface area (Å²) in [6, 6.07) is 11.5. The Morgan fingerprint density at radius 1 is 1.08 bits per heavy atom. The first-order valence-corrected chi connectivity index (χ1v) is 13.0. The highest BCUT2D eigenvalue weighted by Crippen LogP contribution is 2.23. The Labute approximate surface area is 214 Å². The zero-order valence-corrected chi connectivity index (χ0v) is 21.0. The third-order valence-electron chi connectivity index (χ3n) is 6.25. The molecule has 1 amide bonds. The van der Waals surface area contributed by atoms with Crippen molar-refractivity contribution in [2.75, 3.05) is 19.7 Å². The highest BCUT2D eigenvalue weighted by atomic mass is 32.1. The molecule has 0 unspecified atom stereocenters. The van der Waals surface area contributed by atoms with Gasteiger partial charge in [-0.25, -0.2) is 24.9 Å². The molecule has 36 heavy (non-hydrogen) atoms. The van der Waals surface area contributed by atoms with Crippen molar-refractivity contribution in [2.45, 2.75) is 32.6 Å². The molecule has 1 N–H and O–H groups in total. The maximum absolute atomic E-state index is 12.9. The van der Waals surface area contributed by atoms with E-state index in [0.717, 1.165) is 52.6 Å². The number of aliphatic hydroxyl groups excluding tert-OH is 1. The van der Waals surface area contributed by atoms with Crippen LogP contribution in [0.25, 0.3) is 11.5 Å². The summed E-state index contributed by atoms with van der Waals surface area (Å²) in [5.41, 5.74) is 4.42. The summed E-state index contributed by atoms with van der Waals surface area (Å²) < 4.78 is 0. The molecule has 9 heteroatoms. The number of likely N-dealkylation sites (tertiary alicyclic amines) is 1. The van der Waals surface area contributed by atoms with Crippen molar-refractivity contribution in [1.29, 1.82) is 0 Å². The van der Waals surface area contributed by atoms with Gasteiger partial charge in [-0.3, -0.25) is 4.79 Å². The van der Waals surface area contributed by atoms with Gasteiger partial charge in [0.25, 0.3) is 5.91 Å². The molecule has 0 spiro atoms. The van der Waals surface area contributed by atoms with E-state index in [2.05, 4.69) is 19.9 Å². The van der Waals surface area contributed by atoms with Gasteiger partial charge in [-0.05, 0) is 67.0 Å². The van der Waals surface area contributed by atoms with Gasteiger partial charge in [-0.2, -0.15) is 0 Å². The Kier molecular flexibility index (Phi) is 7.39. The molecule has 1 aliphatic heterocycles. The molecule has 4 aromatic rings. The third-order valence-corrected chi connectivity index (χ3v) is 7.21. The topological polar surface area (TPSA) is 105 Å². The lowest BCUT2D eigenvalue weighted by Crippen LogP contribution is -2.40. The molecule has 4 aromatic heterocycles. The van der Waals surface area contributed by atoms with Crippen LogP contribution in [0, 0.1) is 12.8 Å². The van der Waals surface area contributed by atoms with Crippen LogP contribution in [0.5, 0.6) is 0 Å². The molecule has 0 aromatic carbocycles. The number of aromatic nitrogens is 5. The summed E-state index contributed by atoms with van der Waals surface area (Å²) in [4.78, 5) is 38.3. The smallest absolute Gasteiger partial charge is 0.263 e. The van der Waals surface area contributed by atoms with Crippen molar-refractivity contribution >= 4 is 17.2 Å². The van der Waals surface area contributed by atoms with E-state index >= 15 is 0 Å². The standard InChI is InChI=1S/C27H28N6O2S/c1-18-4-2-6-23(30-18)26-29-10-8-22(32-26)14-21-7-9-28-25(31-21)13-20-12-24(36-17-20)27(35)33-11-3-5-19(15-33)16-34/h2,4,6-10,12,17,19,34H,3,5,11,13-16H2,1H3/t19-/m1/s1. The van der Waals surface area contributed by atoms with Gasteiger partial charge >= 0.3 is 0 Å². The minimum absolute atomic E-state index is 0.0433. The van der Waals surface area contributed by atoms with Crippen LogP contribution in [-0.2, 0) is 12.8 Å². The van der Waals surface area contributed by atoms with E-state index in [9.17, 15) is 9.90 Å². The Balaban J connectivity index is 1.25. The number of amides is 1. The molecule has 1 aliphatic rings. The zero-order valence-electron chi connectivity index (χ0n) is 20.2. The van der Waals surface area contributed by atoms with Gasteiger partial charge in [-0.1, -0.05) is 6.07 Å². The summed E-state index contributed by atoms with van der Waals surface area (Å²) >= 11 is 1.45. The quantitative estimate of drug-likeness (QED) is 0.412. The summed E-state index contributed by atoms with van der Waals surface area (Å²) in [7, 11) is 0. The average molecular weight is 501 g/mol. The first-order valence-electron chi connectivity index (χ1n) is 12.1. The number of piperidine rings is 1. The summed E-state index contributed by atoms with van der Waals surface area (Å²) in [6.45, 7) is 3.45. The average Bonchev–Trinajstić information content (AvgIpc) is 3.37. The lowest BCUT2D eigenvalue weighted by molar-refractivity contribution is 0.0625. The van der Waals surface area contributed by atoms with Crippen LogP contribution in [0.4, 0.5) is 0 Å². The number of pyridine rings is 1. The highest BCUT2D eigenvalue weighted by molar-refractivity contribution is 7.12. The van der Waals surface area contributed by atoms with Crippen LogP contribution >= 0.6 is 11.3 Å². The van der Waals surface area contributed by atoms with E-state index in [1.165, 1.54) is 11.3 Å². The molecular formula is C27H28N6O2S. The number of carbonyl (C=O) groups excluding carboxylic acids is 1. The van der Waals surface area contributed by atoms with E-state index in [4.69, 9.17) is 4.98 Å². The highest BCUT2D eigenvalue weighted by Gasteiger charge is 2.25. The van der Waals surface area contributed by atoms with Crippen LogP contribution in [-0.4, -0.2) is 60.5 Å². The van der Waals surface area contributed by atoms with E-state index in [0.29, 0.717) is 31.0 Å². The molecular weight excluding hydrogens is 472 g/mol. The molecule has 5 rings (SSSR count). The number of thiophene rings is 1. The van der Waals surface area contributed by atoms with Crippen molar-refractivity contribution in [3.63, 3.8) is 0 Å². The van der Waals surface area contributed by atoms with Crippen molar-refractivity contribution in [2.24, 2.45) is 5.92 Å². The maximum Gasteiger partial charge on any atom is 0.263 e. The minimum Gasteiger partial charge on any atom is -0.396 e. The lowest BCUT2D eigenvalue weighted by atomic mass is 9.99. The van der Waals surface area contributed by atoms with E-state index in [-0.39, 0.29) is 18.4 Å². The number of aryl methyl sites for hydroxylation is 1. The molecule has 0 bridgehead atoms. The van der Waals surface area contributed by atoms with E-state index in [1.54, 1.807) is 12.4 Å². The van der Waals surface area contributed by atoms with Gasteiger partial charge in [0.1, 0.15) is 11.5 Å².